The van der Waals surface area contributed by atoms with E-state index in [1.165, 1.54) is 20.6 Å². The molecule has 0 unspecified atom stereocenters. The summed E-state index contributed by atoms with van der Waals surface area (Å²) in [5.74, 6) is 0.0450. The number of esters is 1. The molecule has 0 saturated carbocycles. The van der Waals surface area contributed by atoms with E-state index in [4.69, 9.17) is 9.47 Å². The number of benzene rings is 1. The van der Waals surface area contributed by atoms with E-state index in [1.54, 1.807) is 23.1 Å². The number of ether oxygens (including phenoxy) is 2. The van der Waals surface area contributed by atoms with E-state index in [2.05, 4.69) is 15.5 Å². The lowest BCUT2D eigenvalue weighted by Crippen LogP contribution is -2.53. The van der Waals surface area contributed by atoms with Gasteiger partial charge in [0.1, 0.15) is 5.75 Å². The number of nitrogens with zero attached hydrogens (tertiary/aromatic N) is 2. The van der Waals surface area contributed by atoms with Crippen molar-refractivity contribution in [3.63, 3.8) is 0 Å². The van der Waals surface area contributed by atoms with E-state index >= 15 is 0 Å². The standard InChI is InChI=1S/C18H26N4O4/c1-25-16-4-3-13(17(23)26-2)11-15(16)20-18(24)22-9-7-21(8-10-22)14-5-6-19-12-14/h3-4,11,14,19H,5-10,12H2,1-2H3,(H,20,24)/t14-/m0/s1. The number of hydrogen-bond acceptors (Lipinski definition) is 6. The van der Waals surface area contributed by atoms with Crippen molar-refractivity contribution in [3.05, 3.63) is 23.8 Å². The van der Waals surface area contributed by atoms with Gasteiger partial charge >= 0.3 is 12.0 Å². The first-order valence-corrected chi connectivity index (χ1v) is 8.89. The van der Waals surface area contributed by atoms with Gasteiger partial charge in [-0.25, -0.2) is 9.59 Å². The molecular formula is C18H26N4O4. The van der Waals surface area contributed by atoms with Crippen LogP contribution >= 0.6 is 0 Å². The molecule has 0 aliphatic carbocycles. The summed E-state index contributed by atoms with van der Waals surface area (Å²) in [5, 5.41) is 6.24. The average molecular weight is 362 g/mol. The van der Waals surface area contributed by atoms with E-state index in [0.29, 0.717) is 36.1 Å². The summed E-state index contributed by atoms with van der Waals surface area (Å²) in [4.78, 5) is 28.6. The summed E-state index contributed by atoms with van der Waals surface area (Å²) in [6.45, 7) is 5.21. The fourth-order valence-electron chi connectivity index (χ4n) is 3.49. The van der Waals surface area contributed by atoms with Gasteiger partial charge in [-0.3, -0.25) is 4.90 Å². The average Bonchev–Trinajstić information content (AvgIpc) is 3.22. The number of hydrogen-bond donors (Lipinski definition) is 2. The Morgan fingerprint density at radius 1 is 1.19 bits per heavy atom. The lowest BCUT2D eigenvalue weighted by atomic mass is 10.2. The highest BCUT2D eigenvalue weighted by atomic mass is 16.5. The number of carbonyl (C=O) groups excluding carboxylic acids is 2. The van der Waals surface area contributed by atoms with Crippen LogP contribution in [0.15, 0.2) is 18.2 Å². The maximum Gasteiger partial charge on any atom is 0.337 e. The number of piperazine rings is 1. The molecule has 2 heterocycles. The number of amides is 2. The monoisotopic (exact) mass is 362 g/mol. The van der Waals surface area contributed by atoms with Crippen LogP contribution in [0.5, 0.6) is 5.75 Å². The molecule has 0 radical (unpaired) electrons. The second-order valence-corrected chi connectivity index (χ2v) is 6.51. The first-order valence-electron chi connectivity index (χ1n) is 8.89. The van der Waals surface area contributed by atoms with Crippen LogP contribution in [0.3, 0.4) is 0 Å². The van der Waals surface area contributed by atoms with Gasteiger partial charge in [-0.2, -0.15) is 0 Å². The van der Waals surface area contributed by atoms with Crippen LogP contribution in [0.1, 0.15) is 16.8 Å². The molecule has 26 heavy (non-hydrogen) atoms. The van der Waals surface area contributed by atoms with Crippen LogP contribution < -0.4 is 15.4 Å². The van der Waals surface area contributed by atoms with Gasteiger partial charge in [-0.15, -0.1) is 0 Å². The van der Waals surface area contributed by atoms with Crippen LogP contribution in [0.25, 0.3) is 0 Å². The lowest BCUT2D eigenvalue weighted by Gasteiger charge is -2.37. The van der Waals surface area contributed by atoms with E-state index in [1.807, 2.05) is 0 Å². The fraction of sp³-hybridized carbons (Fsp3) is 0.556. The number of carbonyl (C=O) groups is 2. The van der Waals surface area contributed by atoms with Gasteiger partial charge in [0.25, 0.3) is 0 Å². The molecule has 2 saturated heterocycles. The van der Waals surface area contributed by atoms with Crippen molar-refractivity contribution in [2.24, 2.45) is 0 Å². The van der Waals surface area contributed by atoms with Crippen molar-refractivity contribution in [2.45, 2.75) is 12.5 Å². The molecule has 0 spiro atoms. The Balaban J connectivity index is 1.61. The largest absolute Gasteiger partial charge is 0.495 e. The van der Waals surface area contributed by atoms with Crippen molar-refractivity contribution in [1.82, 2.24) is 15.1 Å². The zero-order valence-electron chi connectivity index (χ0n) is 15.3. The van der Waals surface area contributed by atoms with Gasteiger partial charge in [0.15, 0.2) is 0 Å². The molecule has 1 atom stereocenters. The maximum absolute atomic E-state index is 12.6. The number of urea groups is 1. The van der Waals surface area contributed by atoms with Crippen molar-refractivity contribution in [2.75, 3.05) is 58.8 Å². The smallest absolute Gasteiger partial charge is 0.337 e. The molecule has 2 amide bonds. The second kappa shape index (κ2) is 8.37. The molecule has 142 valence electrons. The molecule has 2 aliphatic heterocycles. The minimum absolute atomic E-state index is 0.186. The van der Waals surface area contributed by atoms with Crippen molar-refractivity contribution < 1.29 is 19.1 Å². The molecule has 8 nitrogen and oxygen atoms in total. The Morgan fingerprint density at radius 2 is 1.96 bits per heavy atom. The summed E-state index contributed by atoms with van der Waals surface area (Å²) in [6.07, 6.45) is 1.17. The van der Waals surface area contributed by atoms with E-state index < -0.39 is 5.97 Å². The van der Waals surface area contributed by atoms with Crippen molar-refractivity contribution in [1.29, 1.82) is 0 Å². The van der Waals surface area contributed by atoms with Crippen LogP contribution in [-0.2, 0) is 4.74 Å². The molecule has 0 aromatic heterocycles. The Hall–Kier alpha value is -2.32. The van der Waals surface area contributed by atoms with Gasteiger partial charge < -0.3 is 25.0 Å². The molecule has 0 bridgehead atoms. The highest BCUT2D eigenvalue weighted by Gasteiger charge is 2.28. The SMILES string of the molecule is COC(=O)c1ccc(OC)c(NC(=O)N2CCN([C@H]3CCNC3)CC2)c1. The first-order chi connectivity index (χ1) is 12.6. The molecule has 3 rings (SSSR count). The second-order valence-electron chi connectivity index (χ2n) is 6.51. The van der Waals surface area contributed by atoms with E-state index in [0.717, 1.165) is 26.2 Å². The van der Waals surface area contributed by atoms with Crippen molar-refractivity contribution >= 4 is 17.7 Å². The number of nitrogens with one attached hydrogen (secondary N) is 2. The number of methoxy groups -OCH3 is 2. The normalized spacial score (nSPS) is 20.7. The molecule has 1 aromatic carbocycles. The molecule has 8 heteroatoms. The Kier molecular flexibility index (Phi) is 5.95. The minimum atomic E-state index is -0.457. The molecule has 2 aliphatic rings. The highest BCUT2D eigenvalue weighted by Crippen LogP contribution is 2.26. The number of rotatable bonds is 4. The third-order valence-corrected chi connectivity index (χ3v) is 5.01. The lowest BCUT2D eigenvalue weighted by molar-refractivity contribution is 0.0600. The first kappa shape index (κ1) is 18.5. The van der Waals surface area contributed by atoms with Crippen LogP contribution in [0.2, 0.25) is 0 Å². The Bertz CT molecular complexity index is 653. The fourth-order valence-corrected chi connectivity index (χ4v) is 3.49. The van der Waals surface area contributed by atoms with Gasteiger partial charge in [0.05, 0.1) is 25.5 Å². The third kappa shape index (κ3) is 4.08. The predicted octanol–water partition coefficient (Wildman–Crippen LogP) is 0.993. The quantitative estimate of drug-likeness (QED) is 0.778. The molecule has 2 fully saturated rings. The topological polar surface area (TPSA) is 83.1 Å². The minimum Gasteiger partial charge on any atom is -0.495 e. The third-order valence-electron chi connectivity index (χ3n) is 5.01. The Labute approximate surface area is 153 Å². The van der Waals surface area contributed by atoms with Crippen LogP contribution in [-0.4, -0.2) is 81.3 Å². The summed E-state index contributed by atoms with van der Waals surface area (Å²) in [6, 6.07) is 5.22. The predicted molar refractivity (Wildman–Crippen MR) is 97.8 cm³/mol. The van der Waals surface area contributed by atoms with Crippen LogP contribution in [0.4, 0.5) is 10.5 Å². The summed E-state index contributed by atoms with van der Waals surface area (Å²) in [7, 11) is 2.85. The van der Waals surface area contributed by atoms with Crippen LogP contribution in [0, 0.1) is 0 Å². The zero-order valence-corrected chi connectivity index (χ0v) is 15.3. The van der Waals surface area contributed by atoms with Gasteiger partial charge in [0, 0.05) is 38.8 Å². The molecular weight excluding hydrogens is 336 g/mol. The molecule has 1 aromatic rings. The van der Waals surface area contributed by atoms with Gasteiger partial charge in [-0.05, 0) is 31.2 Å². The summed E-state index contributed by atoms with van der Waals surface area (Å²) >= 11 is 0. The van der Waals surface area contributed by atoms with Crippen molar-refractivity contribution in [3.8, 4) is 5.75 Å². The van der Waals surface area contributed by atoms with Gasteiger partial charge in [-0.1, -0.05) is 0 Å². The highest BCUT2D eigenvalue weighted by molar-refractivity contribution is 5.95. The maximum atomic E-state index is 12.6. The van der Waals surface area contributed by atoms with E-state index in [-0.39, 0.29) is 6.03 Å². The summed E-state index contributed by atoms with van der Waals surface area (Å²) < 4.78 is 10.0. The summed E-state index contributed by atoms with van der Waals surface area (Å²) in [5.41, 5.74) is 0.824. The Morgan fingerprint density at radius 3 is 2.58 bits per heavy atom. The molecule has 2 N–H and O–H groups in total. The number of anilines is 1. The van der Waals surface area contributed by atoms with E-state index in [9.17, 15) is 9.59 Å². The van der Waals surface area contributed by atoms with Gasteiger partial charge in [0.2, 0.25) is 0 Å². The zero-order chi connectivity index (χ0) is 18.5.